The number of aromatic hydroxyl groups is 1. The molecule has 0 atom stereocenters. The van der Waals surface area contributed by atoms with E-state index in [0.717, 1.165) is 5.56 Å². The van der Waals surface area contributed by atoms with E-state index in [4.69, 9.17) is 5.26 Å². The van der Waals surface area contributed by atoms with Crippen LogP contribution in [0.3, 0.4) is 0 Å². The normalized spacial score (nSPS) is 10.8. The van der Waals surface area contributed by atoms with Crippen molar-refractivity contribution < 1.29 is 13.5 Å². The molecule has 0 saturated carbocycles. The molecule has 2 N–H and O–H groups in total. The smallest absolute Gasteiger partial charge is 0.262 e. The summed E-state index contributed by atoms with van der Waals surface area (Å²) in [4.78, 5) is 0.0254. The predicted molar refractivity (Wildman–Crippen MR) is 74.8 cm³/mol. The molecule has 0 spiro atoms. The second kappa shape index (κ2) is 5.23. The van der Waals surface area contributed by atoms with Crippen molar-refractivity contribution in [3.8, 4) is 11.8 Å². The molecule has 0 heterocycles. The van der Waals surface area contributed by atoms with Gasteiger partial charge < -0.3 is 5.11 Å². The third kappa shape index (κ3) is 2.90. The van der Waals surface area contributed by atoms with E-state index < -0.39 is 10.0 Å². The summed E-state index contributed by atoms with van der Waals surface area (Å²) < 4.78 is 26.6. The van der Waals surface area contributed by atoms with Gasteiger partial charge >= 0.3 is 0 Å². The number of rotatable bonds is 3. The molecular formula is C14H12N2O3S. The van der Waals surface area contributed by atoms with Crippen LogP contribution < -0.4 is 4.72 Å². The van der Waals surface area contributed by atoms with E-state index in [0.29, 0.717) is 5.56 Å². The number of nitrogens with one attached hydrogen (secondary N) is 1. The molecule has 0 amide bonds. The molecule has 2 rings (SSSR count). The van der Waals surface area contributed by atoms with Gasteiger partial charge in [0, 0.05) is 0 Å². The van der Waals surface area contributed by atoms with Crippen molar-refractivity contribution in [3.05, 3.63) is 53.6 Å². The Kier molecular flexibility index (Phi) is 3.63. The molecule has 2 aromatic rings. The Morgan fingerprint density at radius 3 is 2.40 bits per heavy atom. The van der Waals surface area contributed by atoms with Crippen LogP contribution in [0.5, 0.6) is 5.75 Å². The fourth-order valence-electron chi connectivity index (χ4n) is 1.64. The van der Waals surface area contributed by atoms with Crippen LogP contribution in [-0.2, 0) is 10.0 Å². The maximum atomic E-state index is 12.2. The first-order valence-electron chi connectivity index (χ1n) is 5.75. The van der Waals surface area contributed by atoms with Gasteiger partial charge in [0.2, 0.25) is 0 Å². The number of sulfonamides is 1. The van der Waals surface area contributed by atoms with E-state index in [1.807, 2.05) is 6.07 Å². The Morgan fingerprint density at radius 2 is 1.80 bits per heavy atom. The molecule has 0 aromatic heterocycles. The molecule has 6 heteroatoms. The minimum Gasteiger partial charge on any atom is -0.506 e. The van der Waals surface area contributed by atoms with Gasteiger partial charge in [-0.15, -0.1) is 0 Å². The second-order valence-electron chi connectivity index (χ2n) is 4.26. The highest BCUT2D eigenvalue weighted by molar-refractivity contribution is 7.92. The third-order valence-corrected chi connectivity index (χ3v) is 4.07. The summed E-state index contributed by atoms with van der Waals surface area (Å²) in [6.07, 6.45) is 0. The number of nitrogens with zero attached hydrogens (tertiary/aromatic N) is 1. The predicted octanol–water partition coefficient (Wildman–Crippen LogP) is 2.37. The molecule has 20 heavy (non-hydrogen) atoms. The van der Waals surface area contributed by atoms with Crippen LogP contribution in [-0.4, -0.2) is 13.5 Å². The first-order valence-corrected chi connectivity index (χ1v) is 7.23. The molecule has 0 aliphatic heterocycles. The number of anilines is 1. The highest BCUT2D eigenvalue weighted by atomic mass is 32.2. The van der Waals surface area contributed by atoms with Gasteiger partial charge in [-0.2, -0.15) is 5.26 Å². The fraction of sp³-hybridized carbons (Fsp3) is 0.0714. The minimum atomic E-state index is -3.80. The van der Waals surface area contributed by atoms with Crippen molar-refractivity contribution in [2.45, 2.75) is 11.8 Å². The maximum Gasteiger partial charge on any atom is 0.262 e. The van der Waals surface area contributed by atoms with Crippen LogP contribution in [0.1, 0.15) is 11.1 Å². The Labute approximate surface area is 117 Å². The van der Waals surface area contributed by atoms with Crippen molar-refractivity contribution >= 4 is 15.7 Å². The lowest BCUT2D eigenvalue weighted by atomic mass is 10.2. The van der Waals surface area contributed by atoms with Gasteiger partial charge in [0.25, 0.3) is 10.0 Å². The van der Waals surface area contributed by atoms with Crippen molar-refractivity contribution in [3.63, 3.8) is 0 Å². The molecule has 0 saturated heterocycles. The van der Waals surface area contributed by atoms with Crippen LogP contribution in [0.4, 0.5) is 5.69 Å². The summed E-state index contributed by atoms with van der Waals surface area (Å²) >= 11 is 0. The standard InChI is InChI=1S/C14H12N2O3S/c1-10-2-7-14(17)13(8-10)16-20(18,19)12-5-3-11(9-15)4-6-12/h2-8,16-17H,1H3. The number of hydrogen-bond acceptors (Lipinski definition) is 4. The van der Waals surface area contributed by atoms with Crippen molar-refractivity contribution in [1.29, 1.82) is 5.26 Å². The second-order valence-corrected chi connectivity index (χ2v) is 5.94. The van der Waals surface area contributed by atoms with Crippen LogP contribution in [0.2, 0.25) is 0 Å². The van der Waals surface area contributed by atoms with Crippen LogP contribution in [0, 0.1) is 18.3 Å². The fourth-order valence-corrected chi connectivity index (χ4v) is 2.71. The SMILES string of the molecule is Cc1ccc(O)c(NS(=O)(=O)c2ccc(C#N)cc2)c1. The molecule has 0 aliphatic rings. The van der Waals surface area contributed by atoms with Crippen molar-refractivity contribution in [2.75, 3.05) is 4.72 Å². The van der Waals surface area contributed by atoms with E-state index in [-0.39, 0.29) is 16.3 Å². The summed E-state index contributed by atoms with van der Waals surface area (Å²) in [6, 6.07) is 12.1. The minimum absolute atomic E-state index is 0.0254. The summed E-state index contributed by atoms with van der Waals surface area (Å²) in [5, 5.41) is 18.3. The van der Waals surface area contributed by atoms with Crippen molar-refractivity contribution in [2.24, 2.45) is 0 Å². The van der Waals surface area contributed by atoms with Gasteiger partial charge in [-0.1, -0.05) is 6.07 Å². The molecule has 0 radical (unpaired) electrons. The quantitative estimate of drug-likeness (QED) is 0.848. The van der Waals surface area contributed by atoms with Crippen LogP contribution in [0.25, 0.3) is 0 Å². The Balaban J connectivity index is 2.35. The summed E-state index contributed by atoms with van der Waals surface area (Å²) in [5.74, 6) is -0.146. The Bertz CT molecular complexity index is 775. The molecule has 0 unspecified atom stereocenters. The third-order valence-electron chi connectivity index (χ3n) is 2.69. The molecule has 102 valence electrons. The van der Waals surface area contributed by atoms with Crippen LogP contribution in [0.15, 0.2) is 47.4 Å². The first kappa shape index (κ1) is 13.9. The number of benzene rings is 2. The van der Waals surface area contributed by atoms with Gasteiger partial charge in [-0.25, -0.2) is 8.42 Å². The lowest BCUT2D eigenvalue weighted by Crippen LogP contribution is -2.13. The zero-order valence-corrected chi connectivity index (χ0v) is 11.5. The maximum absolute atomic E-state index is 12.2. The largest absolute Gasteiger partial charge is 0.506 e. The number of phenolic OH excluding ortho intramolecular Hbond substituents is 1. The number of nitriles is 1. The van der Waals surface area contributed by atoms with Gasteiger partial charge in [-0.3, -0.25) is 4.72 Å². The summed E-state index contributed by atoms with van der Waals surface area (Å²) in [7, 11) is -3.80. The summed E-state index contributed by atoms with van der Waals surface area (Å²) in [6.45, 7) is 1.79. The number of hydrogen-bond donors (Lipinski definition) is 2. The molecule has 2 aromatic carbocycles. The van der Waals surface area contributed by atoms with E-state index >= 15 is 0 Å². The first-order chi connectivity index (χ1) is 9.42. The average Bonchev–Trinajstić information content (AvgIpc) is 2.43. The van der Waals surface area contributed by atoms with Gasteiger partial charge in [-0.05, 0) is 48.9 Å². The van der Waals surface area contributed by atoms with Gasteiger partial charge in [0.05, 0.1) is 22.2 Å². The van der Waals surface area contributed by atoms with Crippen molar-refractivity contribution in [1.82, 2.24) is 0 Å². The molecular weight excluding hydrogens is 276 g/mol. The zero-order chi connectivity index (χ0) is 14.8. The average molecular weight is 288 g/mol. The molecule has 0 fully saturated rings. The lowest BCUT2D eigenvalue weighted by Gasteiger charge is -2.10. The highest BCUT2D eigenvalue weighted by Gasteiger charge is 2.16. The Hall–Kier alpha value is -2.52. The summed E-state index contributed by atoms with van der Waals surface area (Å²) in [5.41, 5.74) is 1.32. The monoisotopic (exact) mass is 288 g/mol. The Morgan fingerprint density at radius 1 is 1.15 bits per heavy atom. The van der Waals surface area contributed by atoms with E-state index in [1.165, 1.54) is 36.4 Å². The van der Waals surface area contributed by atoms with E-state index in [2.05, 4.69) is 4.72 Å². The lowest BCUT2D eigenvalue weighted by molar-refractivity contribution is 0.477. The molecule has 0 aliphatic carbocycles. The van der Waals surface area contributed by atoms with E-state index in [9.17, 15) is 13.5 Å². The van der Waals surface area contributed by atoms with Crippen LogP contribution >= 0.6 is 0 Å². The zero-order valence-electron chi connectivity index (χ0n) is 10.7. The van der Waals surface area contributed by atoms with E-state index in [1.54, 1.807) is 13.0 Å². The number of phenols is 1. The number of aryl methyl sites for hydroxylation is 1. The van der Waals surface area contributed by atoms with Gasteiger partial charge in [0.1, 0.15) is 5.75 Å². The topological polar surface area (TPSA) is 90.2 Å². The molecule has 0 bridgehead atoms. The van der Waals surface area contributed by atoms with Gasteiger partial charge in [0.15, 0.2) is 0 Å². The molecule has 5 nitrogen and oxygen atoms in total. The highest BCUT2D eigenvalue weighted by Crippen LogP contribution is 2.26.